The Hall–Kier alpha value is -2.45. The largest absolute Gasteiger partial charge is 0.493 e. The van der Waals surface area contributed by atoms with Crippen LogP contribution < -0.4 is 13.8 Å². The van der Waals surface area contributed by atoms with E-state index >= 15 is 0 Å². The van der Waals surface area contributed by atoms with E-state index in [-0.39, 0.29) is 29.7 Å². The molecule has 152 valence electrons. The molecule has 0 N–H and O–H groups in total. The number of halogens is 1. The summed E-state index contributed by atoms with van der Waals surface area (Å²) in [5, 5.41) is 0.253. The summed E-state index contributed by atoms with van der Waals surface area (Å²) in [6, 6.07) is 11.8. The zero-order valence-corrected chi connectivity index (χ0v) is 17.7. The maximum absolute atomic E-state index is 12.7. The van der Waals surface area contributed by atoms with Gasteiger partial charge in [-0.1, -0.05) is 29.8 Å². The molecule has 0 radical (unpaired) electrons. The molecule has 9 heteroatoms. The van der Waals surface area contributed by atoms with Crippen LogP contribution in [0, 0.1) is 0 Å². The van der Waals surface area contributed by atoms with Gasteiger partial charge in [-0.25, -0.2) is 8.42 Å². The van der Waals surface area contributed by atoms with Gasteiger partial charge in [-0.3, -0.25) is 9.10 Å². The van der Waals surface area contributed by atoms with Crippen molar-refractivity contribution in [2.24, 2.45) is 0 Å². The van der Waals surface area contributed by atoms with Crippen LogP contribution in [0.1, 0.15) is 5.56 Å². The standard InChI is InChI=1S/C19H23ClN2O5S/c1-21(12-14-9-10-17(26-2)18(11-14)27-3)19(23)13-22(28(4,24)25)16-8-6-5-7-15(16)20/h5-11H,12-13H2,1-4H3. The minimum Gasteiger partial charge on any atom is -0.493 e. The highest BCUT2D eigenvalue weighted by Gasteiger charge is 2.24. The van der Waals surface area contributed by atoms with Gasteiger partial charge in [0.25, 0.3) is 0 Å². The van der Waals surface area contributed by atoms with Gasteiger partial charge in [0.1, 0.15) is 6.54 Å². The van der Waals surface area contributed by atoms with E-state index in [0.717, 1.165) is 16.1 Å². The number of amides is 1. The maximum Gasteiger partial charge on any atom is 0.243 e. The number of carbonyl (C=O) groups is 1. The Morgan fingerprint density at radius 3 is 2.29 bits per heavy atom. The highest BCUT2D eigenvalue weighted by Crippen LogP contribution is 2.29. The highest BCUT2D eigenvalue weighted by atomic mass is 35.5. The third kappa shape index (κ3) is 5.30. The topological polar surface area (TPSA) is 76.2 Å². The number of nitrogens with zero attached hydrogens (tertiary/aromatic N) is 2. The van der Waals surface area contributed by atoms with Crippen molar-refractivity contribution >= 4 is 33.2 Å². The predicted octanol–water partition coefficient (Wildman–Crippen LogP) is 2.78. The number of para-hydroxylation sites is 1. The summed E-state index contributed by atoms with van der Waals surface area (Å²) < 4.78 is 35.9. The first-order valence-corrected chi connectivity index (χ1v) is 10.6. The van der Waals surface area contributed by atoms with E-state index in [4.69, 9.17) is 21.1 Å². The Balaban J connectivity index is 2.19. The summed E-state index contributed by atoms with van der Waals surface area (Å²) in [6.07, 6.45) is 1.04. The average molecular weight is 427 g/mol. The van der Waals surface area contributed by atoms with Gasteiger partial charge in [-0.2, -0.15) is 0 Å². The van der Waals surface area contributed by atoms with Gasteiger partial charge in [0.2, 0.25) is 15.9 Å². The fraction of sp³-hybridized carbons (Fsp3) is 0.316. The van der Waals surface area contributed by atoms with Crippen LogP contribution in [0.5, 0.6) is 11.5 Å². The van der Waals surface area contributed by atoms with Crippen LogP contribution in [-0.2, 0) is 21.4 Å². The van der Waals surface area contributed by atoms with Crippen molar-refractivity contribution in [3.05, 3.63) is 53.1 Å². The number of carbonyl (C=O) groups excluding carboxylic acids is 1. The molecule has 1 amide bonds. The molecule has 0 atom stereocenters. The molecule has 2 aromatic rings. The van der Waals surface area contributed by atoms with Crippen molar-refractivity contribution in [2.75, 3.05) is 38.4 Å². The van der Waals surface area contributed by atoms with E-state index in [1.807, 2.05) is 6.07 Å². The molecule has 0 spiro atoms. The van der Waals surface area contributed by atoms with Crippen LogP contribution in [0.4, 0.5) is 5.69 Å². The number of anilines is 1. The number of benzene rings is 2. The predicted molar refractivity (Wildman–Crippen MR) is 110 cm³/mol. The molecule has 0 saturated heterocycles. The van der Waals surface area contributed by atoms with Crippen LogP contribution >= 0.6 is 11.6 Å². The van der Waals surface area contributed by atoms with Gasteiger partial charge in [0.05, 0.1) is 31.2 Å². The number of methoxy groups -OCH3 is 2. The van der Waals surface area contributed by atoms with Gasteiger partial charge >= 0.3 is 0 Å². The second kappa shape index (κ2) is 9.16. The Labute approximate surface area is 170 Å². The van der Waals surface area contributed by atoms with Crippen molar-refractivity contribution in [3.63, 3.8) is 0 Å². The number of hydrogen-bond donors (Lipinski definition) is 0. The van der Waals surface area contributed by atoms with Crippen molar-refractivity contribution in [1.29, 1.82) is 0 Å². The first-order chi connectivity index (χ1) is 13.2. The number of sulfonamides is 1. The molecule has 0 heterocycles. The van der Waals surface area contributed by atoms with Crippen LogP contribution in [0.2, 0.25) is 5.02 Å². The molecule has 0 aliphatic carbocycles. The Kier molecular flexibility index (Phi) is 7.15. The van der Waals surface area contributed by atoms with E-state index in [0.29, 0.717) is 11.5 Å². The smallest absolute Gasteiger partial charge is 0.243 e. The van der Waals surface area contributed by atoms with E-state index in [1.54, 1.807) is 50.6 Å². The molecule has 0 bridgehead atoms. The lowest BCUT2D eigenvalue weighted by molar-refractivity contribution is -0.128. The highest BCUT2D eigenvalue weighted by molar-refractivity contribution is 7.92. The second-order valence-electron chi connectivity index (χ2n) is 6.16. The Morgan fingerprint density at radius 2 is 1.71 bits per heavy atom. The van der Waals surface area contributed by atoms with Gasteiger partial charge in [0, 0.05) is 13.6 Å². The quantitative estimate of drug-likeness (QED) is 0.648. The summed E-state index contributed by atoms with van der Waals surface area (Å²) in [6.45, 7) is -0.0777. The molecule has 0 aromatic heterocycles. The molecule has 0 fully saturated rings. The van der Waals surface area contributed by atoms with Crippen LogP contribution in [0.25, 0.3) is 0 Å². The van der Waals surface area contributed by atoms with E-state index in [9.17, 15) is 13.2 Å². The average Bonchev–Trinajstić information content (AvgIpc) is 2.65. The molecular weight excluding hydrogens is 404 g/mol. The summed E-state index contributed by atoms with van der Waals surface area (Å²) in [7, 11) is 0.982. The first kappa shape index (κ1) is 21.8. The van der Waals surface area contributed by atoms with Crippen LogP contribution in [0.3, 0.4) is 0 Å². The van der Waals surface area contributed by atoms with Crippen molar-refractivity contribution in [3.8, 4) is 11.5 Å². The normalized spacial score (nSPS) is 11.0. The van der Waals surface area contributed by atoms with Gasteiger partial charge in [-0.05, 0) is 29.8 Å². The van der Waals surface area contributed by atoms with Gasteiger partial charge in [0.15, 0.2) is 11.5 Å². The Bertz CT molecular complexity index is 949. The lowest BCUT2D eigenvalue weighted by Gasteiger charge is -2.26. The summed E-state index contributed by atoms with van der Waals surface area (Å²) in [4.78, 5) is 14.1. The number of likely N-dealkylation sites (N-methyl/N-ethyl adjacent to an activating group) is 1. The summed E-state index contributed by atoms with van der Waals surface area (Å²) in [5.74, 6) is 0.761. The number of ether oxygens (including phenoxy) is 2. The zero-order chi connectivity index (χ0) is 20.9. The summed E-state index contributed by atoms with van der Waals surface area (Å²) >= 11 is 6.12. The van der Waals surface area contributed by atoms with E-state index < -0.39 is 10.0 Å². The molecule has 0 aliphatic heterocycles. The van der Waals surface area contributed by atoms with Crippen LogP contribution in [0.15, 0.2) is 42.5 Å². The fourth-order valence-corrected chi connectivity index (χ4v) is 3.77. The third-order valence-corrected chi connectivity index (χ3v) is 5.54. The number of rotatable bonds is 8. The number of hydrogen-bond acceptors (Lipinski definition) is 5. The van der Waals surface area contributed by atoms with Crippen LogP contribution in [-0.4, -0.2) is 53.3 Å². The second-order valence-corrected chi connectivity index (χ2v) is 8.47. The fourth-order valence-electron chi connectivity index (χ4n) is 2.62. The molecule has 28 heavy (non-hydrogen) atoms. The Morgan fingerprint density at radius 1 is 1.07 bits per heavy atom. The SMILES string of the molecule is COc1ccc(CN(C)C(=O)CN(c2ccccc2Cl)S(C)(=O)=O)cc1OC. The van der Waals surface area contributed by atoms with Crippen molar-refractivity contribution < 1.29 is 22.7 Å². The monoisotopic (exact) mass is 426 g/mol. The first-order valence-electron chi connectivity index (χ1n) is 8.34. The lowest BCUT2D eigenvalue weighted by atomic mass is 10.2. The molecule has 7 nitrogen and oxygen atoms in total. The molecule has 0 saturated carbocycles. The van der Waals surface area contributed by atoms with E-state index in [2.05, 4.69) is 0 Å². The molecular formula is C19H23ClN2O5S. The lowest BCUT2D eigenvalue weighted by Crippen LogP contribution is -2.41. The third-order valence-electron chi connectivity index (χ3n) is 4.09. The van der Waals surface area contributed by atoms with Gasteiger partial charge in [-0.15, -0.1) is 0 Å². The molecule has 2 aromatic carbocycles. The summed E-state index contributed by atoms with van der Waals surface area (Å²) in [5.41, 5.74) is 1.08. The van der Waals surface area contributed by atoms with E-state index in [1.165, 1.54) is 12.0 Å². The molecule has 2 rings (SSSR count). The molecule has 0 aliphatic rings. The van der Waals surface area contributed by atoms with Crippen molar-refractivity contribution in [2.45, 2.75) is 6.54 Å². The minimum atomic E-state index is -3.70. The molecule has 0 unspecified atom stereocenters. The minimum absolute atomic E-state index is 0.253. The maximum atomic E-state index is 12.7. The zero-order valence-electron chi connectivity index (χ0n) is 16.2. The van der Waals surface area contributed by atoms with Crippen molar-refractivity contribution in [1.82, 2.24) is 4.90 Å². The van der Waals surface area contributed by atoms with Gasteiger partial charge < -0.3 is 14.4 Å².